The molecule has 106 valence electrons. The summed E-state index contributed by atoms with van der Waals surface area (Å²) in [6, 6.07) is 2.78. The Balaban J connectivity index is 4.19. The van der Waals surface area contributed by atoms with E-state index in [-0.39, 0.29) is 5.41 Å². The zero-order chi connectivity index (χ0) is 14.2. The third kappa shape index (κ3) is 9.44. The van der Waals surface area contributed by atoms with Crippen LogP contribution in [0.4, 0.5) is 0 Å². The zero-order valence-corrected chi connectivity index (χ0v) is 13.1. The van der Waals surface area contributed by atoms with Crippen molar-refractivity contribution in [3.05, 3.63) is 0 Å². The lowest BCUT2D eigenvalue weighted by Crippen LogP contribution is -2.43. The molecule has 0 heterocycles. The molecule has 0 aliphatic rings. The van der Waals surface area contributed by atoms with Gasteiger partial charge in [-0.1, -0.05) is 27.7 Å². The number of hydrogen-bond acceptors (Lipinski definition) is 3. The number of hydrogen-bond donors (Lipinski definition) is 1. The standard InChI is InChI=1S/C15H31N3/c1-13(2)10-14(11-18(5)6)17-12-15(3,4)8-7-9-16/h13-14,17H,7-8,10-12H2,1-6H3. The van der Waals surface area contributed by atoms with Gasteiger partial charge in [0.05, 0.1) is 6.07 Å². The lowest BCUT2D eigenvalue weighted by atomic mass is 9.87. The normalized spacial score (nSPS) is 13.9. The van der Waals surface area contributed by atoms with E-state index in [1.807, 2.05) is 0 Å². The molecule has 0 aromatic heterocycles. The topological polar surface area (TPSA) is 39.1 Å². The molecule has 0 radical (unpaired) electrons. The average molecular weight is 253 g/mol. The molecule has 3 nitrogen and oxygen atoms in total. The van der Waals surface area contributed by atoms with Crippen molar-refractivity contribution < 1.29 is 0 Å². The SMILES string of the molecule is CC(C)CC(CN(C)C)NCC(C)(C)CCC#N. The van der Waals surface area contributed by atoms with Gasteiger partial charge in [-0.25, -0.2) is 0 Å². The molecule has 3 heteroatoms. The van der Waals surface area contributed by atoms with Crippen LogP contribution in [0.3, 0.4) is 0 Å². The van der Waals surface area contributed by atoms with Crippen LogP contribution in [0.15, 0.2) is 0 Å². The Hall–Kier alpha value is -0.590. The van der Waals surface area contributed by atoms with E-state index in [9.17, 15) is 0 Å². The Morgan fingerprint density at radius 1 is 1.28 bits per heavy atom. The highest BCUT2D eigenvalue weighted by Crippen LogP contribution is 2.21. The second kappa shape index (κ2) is 8.50. The molecule has 18 heavy (non-hydrogen) atoms. The predicted octanol–water partition coefficient (Wildman–Crippen LogP) is 2.88. The third-order valence-corrected chi connectivity index (χ3v) is 3.12. The number of rotatable bonds is 9. The number of nitrogens with one attached hydrogen (secondary N) is 1. The largest absolute Gasteiger partial charge is 0.312 e. The Morgan fingerprint density at radius 2 is 1.89 bits per heavy atom. The maximum atomic E-state index is 8.67. The van der Waals surface area contributed by atoms with Gasteiger partial charge in [-0.15, -0.1) is 0 Å². The van der Waals surface area contributed by atoms with Crippen LogP contribution in [0.2, 0.25) is 0 Å². The first-order valence-corrected chi connectivity index (χ1v) is 7.02. The van der Waals surface area contributed by atoms with E-state index in [1.165, 1.54) is 6.42 Å². The zero-order valence-electron chi connectivity index (χ0n) is 13.1. The van der Waals surface area contributed by atoms with Gasteiger partial charge in [0.15, 0.2) is 0 Å². The van der Waals surface area contributed by atoms with Crippen LogP contribution in [0.25, 0.3) is 0 Å². The van der Waals surface area contributed by atoms with Crippen molar-refractivity contribution in [2.24, 2.45) is 11.3 Å². The van der Waals surface area contributed by atoms with E-state index in [0.29, 0.717) is 18.4 Å². The summed E-state index contributed by atoms with van der Waals surface area (Å²) in [5, 5.41) is 12.3. The smallest absolute Gasteiger partial charge is 0.0621 e. The molecule has 0 aliphatic heterocycles. The van der Waals surface area contributed by atoms with Crippen molar-refractivity contribution in [2.45, 2.75) is 53.0 Å². The van der Waals surface area contributed by atoms with Crippen LogP contribution >= 0.6 is 0 Å². The van der Waals surface area contributed by atoms with Crippen LogP contribution in [-0.4, -0.2) is 38.1 Å². The first kappa shape index (κ1) is 17.4. The minimum absolute atomic E-state index is 0.206. The highest BCUT2D eigenvalue weighted by atomic mass is 15.1. The molecule has 1 N–H and O–H groups in total. The van der Waals surface area contributed by atoms with Crippen molar-refractivity contribution >= 4 is 0 Å². The molecule has 1 atom stereocenters. The number of nitriles is 1. The Morgan fingerprint density at radius 3 is 2.33 bits per heavy atom. The van der Waals surface area contributed by atoms with Gasteiger partial charge in [0, 0.05) is 25.6 Å². The molecule has 0 aliphatic carbocycles. The molecule has 0 saturated carbocycles. The van der Waals surface area contributed by atoms with E-state index >= 15 is 0 Å². The minimum atomic E-state index is 0.206. The second-order valence-corrected chi connectivity index (χ2v) is 6.79. The summed E-state index contributed by atoms with van der Waals surface area (Å²) in [5.41, 5.74) is 0.206. The van der Waals surface area contributed by atoms with Gasteiger partial charge in [0.2, 0.25) is 0 Å². The summed E-state index contributed by atoms with van der Waals surface area (Å²) in [6.07, 6.45) is 2.82. The van der Waals surface area contributed by atoms with E-state index < -0.39 is 0 Å². The van der Waals surface area contributed by atoms with Crippen molar-refractivity contribution in [2.75, 3.05) is 27.2 Å². The first-order chi connectivity index (χ1) is 8.26. The van der Waals surface area contributed by atoms with Crippen LogP contribution in [0.5, 0.6) is 0 Å². The molecule has 0 saturated heterocycles. The van der Waals surface area contributed by atoms with Crippen molar-refractivity contribution in [1.82, 2.24) is 10.2 Å². The molecule has 0 amide bonds. The number of nitrogens with zero attached hydrogens (tertiary/aromatic N) is 2. The van der Waals surface area contributed by atoms with Gasteiger partial charge in [-0.3, -0.25) is 0 Å². The molecule has 0 bridgehead atoms. The van der Waals surface area contributed by atoms with Gasteiger partial charge >= 0.3 is 0 Å². The molecular weight excluding hydrogens is 222 g/mol. The summed E-state index contributed by atoms with van der Waals surface area (Å²) < 4.78 is 0. The molecule has 0 spiro atoms. The van der Waals surface area contributed by atoms with E-state index in [2.05, 4.69) is 58.1 Å². The van der Waals surface area contributed by atoms with Crippen molar-refractivity contribution in [1.29, 1.82) is 5.26 Å². The highest BCUT2D eigenvalue weighted by molar-refractivity contribution is 4.81. The molecule has 1 unspecified atom stereocenters. The van der Waals surface area contributed by atoms with E-state index in [1.54, 1.807) is 0 Å². The molecule has 0 aromatic rings. The van der Waals surface area contributed by atoms with Crippen molar-refractivity contribution in [3.63, 3.8) is 0 Å². The third-order valence-electron chi connectivity index (χ3n) is 3.12. The predicted molar refractivity (Wildman–Crippen MR) is 78.4 cm³/mol. The van der Waals surface area contributed by atoms with Crippen LogP contribution < -0.4 is 5.32 Å². The van der Waals surface area contributed by atoms with E-state index in [4.69, 9.17) is 5.26 Å². The van der Waals surface area contributed by atoms with Crippen LogP contribution in [0, 0.1) is 22.7 Å². The van der Waals surface area contributed by atoms with Crippen LogP contribution in [-0.2, 0) is 0 Å². The minimum Gasteiger partial charge on any atom is -0.312 e. The summed E-state index contributed by atoms with van der Waals surface area (Å²) in [4.78, 5) is 2.24. The fourth-order valence-corrected chi connectivity index (χ4v) is 2.14. The van der Waals surface area contributed by atoms with Gasteiger partial charge in [-0.2, -0.15) is 5.26 Å². The number of likely N-dealkylation sites (N-methyl/N-ethyl adjacent to an activating group) is 1. The molecule has 0 aromatic carbocycles. The van der Waals surface area contributed by atoms with Crippen molar-refractivity contribution in [3.8, 4) is 6.07 Å². The van der Waals surface area contributed by atoms with E-state index in [0.717, 1.165) is 19.5 Å². The van der Waals surface area contributed by atoms with Gasteiger partial charge in [0.25, 0.3) is 0 Å². The maximum absolute atomic E-state index is 8.67. The molecular formula is C15H31N3. The second-order valence-electron chi connectivity index (χ2n) is 6.79. The Labute approximate surface area is 114 Å². The quantitative estimate of drug-likeness (QED) is 0.687. The first-order valence-electron chi connectivity index (χ1n) is 7.02. The lowest BCUT2D eigenvalue weighted by Gasteiger charge is -2.30. The van der Waals surface area contributed by atoms with Gasteiger partial charge < -0.3 is 10.2 Å². The van der Waals surface area contributed by atoms with Gasteiger partial charge in [0.1, 0.15) is 0 Å². The summed E-state index contributed by atoms with van der Waals surface area (Å²) in [6.45, 7) is 11.1. The maximum Gasteiger partial charge on any atom is 0.0621 e. The lowest BCUT2D eigenvalue weighted by molar-refractivity contribution is 0.254. The summed E-state index contributed by atoms with van der Waals surface area (Å²) >= 11 is 0. The Kier molecular flexibility index (Phi) is 8.22. The highest BCUT2D eigenvalue weighted by Gasteiger charge is 2.20. The monoisotopic (exact) mass is 253 g/mol. The molecule has 0 rings (SSSR count). The summed E-state index contributed by atoms with van der Waals surface area (Å²) in [5.74, 6) is 0.713. The van der Waals surface area contributed by atoms with Gasteiger partial charge in [-0.05, 0) is 38.3 Å². The average Bonchev–Trinajstić information content (AvgIpc) is 2.22. The Bertz CT molecular complexity index is 241. The summed E-state index contributed by atoms with van der Waals surface area (Å²) in [7, 11) is 4.24. The fraction of sp³-hybridized carbons (Fsp3) is 0.933. The molecule has 0 fully saturated rings. The van der Waals surface area contributed by atoms with Crippen LogP contribution in [0.1, 0.15) is 47.0 Å². The fourth-order valence-electron chi connectivity index (χ4n) is 2.14.